The van der Waals surface area contributed by atoms with Crippen LogP contribution in [0.4, 0.5) is 0 Å². The molecule has 30 heavy (non-hydrogen) atoms. The SMILES string of the molecule is CCC(C)N(CCNCCNCCN(C(C)C)C(C)CC)CCN(C(C)C)C(C)C. The Labute approximate surface area is 190 Å². The van der Waals surface area contributed by atoms with Crippen LogP contribution >= 0.6 is 0 Å². The van der Waals surface area contributed by atoms with Gasteiger partial charge in [0.25, 0.3) is 0 Å². The molecule has 0 amide bonds. The molecule has 0 radical (unpaired) electrons. The van der Waals surface area contributed by atoms with E-state index in [1.54, 1.807) is 0 Å². The van der Waals surface area contributed by atoms with Gasteiger partial charge < -0.3 is 10.6 Å². The summed E-state index contributed by atoms with van der Waals surface area (Å²) in [7, 11) is 0. The van der Waals surface area contributed by atoms with Crippen LogP contribution in [0.2, 0.25) is 0 Å². The fourth-order valence-corrected chi connectivity index (χ4v) is 4.25. The first kappa shape index (κ1) is 29.8. The summed E-state index contributed by atoms with van der Waals surface area (Å²) in [5, 5.41) is 7.25. The van der Waals surface area contributed by atoms with E-state index >= 15 is 0 Å². The van der Waals surface area contributed by atoms with Crippen molar-refractivity contribution < 1.29 is 0 Å². The second kappa shape index (κ2) is 17.4. The second-order valence-electron chi connectivity index (χ2n) is 9.81. The lowest BCUT2D eigenvalue weighted by molar-refractivity contribution is 0.125. The van der Waals surface area contributed by atoms with Gasteiger partial charge in [-0.3, -0.25) is 14.7 Å². The molecule has 0 saturated heterocycles. The van der Waals surface area contributed by atoms with Crippen molar-refractivity contribution >= 4 is 0 Å². The van der Waals surface area contributed by atoms with Crippen molar-refractivity contribution in [1.82, 2.24) is 25.3 Å². The summed E-state index contributed by atoms with van der Waals surface area (Å²) >= 11 is 0. The van der Waals surface area contributed by atoms with Gasteiger partial charge in [0.15, 0.2) is 0 Å². The maximum Gasteiger partial charge on any atom is 0.0115 e. The normalized spacial score (nSPS) is 14.8. The van der Waals surface area contributed by atoms with Crippen molar-refractivity contribution in [3.63, 3.8) is 0 Å². The van der Waals surface area contributed by atoms with E-state index in [1.807, 2.05) is 0 Å². The molecule has 0 bridgehead atoms. The highest BCUT2D eigenvalue weighted by Gasteiger charge is 2.17. The molecular weight excluding hydrogens is 370 g/mol. The van der Waals surface area contributed by atoms with Gasteiger partial charge in [-0.15, -0.1) is 0 Å². The molecule has 0 aromatic rings. The smallest absolute Gasteiger partial charge is 0.0115 e. The van der Waals surface area contributed by atoms with Gasteiger partial charge in [0.1, 0.15) is 0 Å². The molecule has 182 valence electrons. The Kier molecular flexibility index (Phi) is 17.3. The molecule has 0 aliphatic rings. The van der Waals surface area contributed by atoms with Gasteiger partial charge in [0.05, 0.1) is 0 Å². The summed E-state index contributed by atoms with van der Waals surface area (Å²) < 4.78 is 0. The van der Waals surface area contributed by atoms with Crippen molar-refractivity contribution in [3.8, 4) is 0 Å². The van der Waals surface area contributed by atoms with Crippen LogP contribution in [0.3, 0.4) is 0 Å². The number of hydrogen-bond donors (Lipinski definition) is 2. The van der Waals surface area contributed by atoms with Crippen LogP contribution < -0.4 is 10.6 Å². The van der Waals surface area contributed by atoms with Crippen LogP contribution in [-0.2, 0) is 0 Å². The predicted molar refractivity (Wildman–Crippen MR) is 136 cm³/mol. The molecule has 5 nitrogen and oxygen atoms in total. The van der Waals surface area contributed by atoms with Crippen LogP contribution in [0, 0.1) is 0 Å². The number of hydrogen-bond acceptors (Lipinski definition) is 5. The molecule has 0 aliphatic carbocycles. The molecule has 0 aromatic heterocycles. The highest BCUT2D eigenvalue weighted by molar-refractivity contribution is 4.74. The number of nitrogens with one attached hydrogen (secondary N) is 2. The summed E-state index contributed by atoms with van der Waals surface area (Å²) in [6.07, 6.45) is 2.44. The summed E-state index contributed by atoms with van der Waals surface area (Å²) in [5.41, 5.74) is 0. The second-order valence-corrected chi connectivity index (χ2v) is 9.81. The highest BCUT2D eigenvalue weighted by atomic mass is 15.2. The first-order valence-corrected chi connectivity index (χ1v) is 12.8. The van der Waals surface area contributed by atoms with E-state index in [0.717, 1.165) is 52.4 Å². The van der Waals surface area contributed by atoms with Crippen LogP contribution in [0.15, 0.2) is 0 Å². The topological polar surface area (TPSA) is 33.8 Å². The molecule has 0 heterocycles. The monoisotopic (exact) mass is 427 g/mol. The minimum Gasteiger partial charge on any atom is -0.314 e. The average molecular weight is 428 g/mol. The first-order valence-electron chi connectivity index (χ1n) is 12.8. The molecule has 0 aromatic carbocycles. The Morgan fingerprint density at radius 2 is 0.967 bits per heavy atom. The lowest BCUT2D eigenvalue weighted by Gasteiger charge is -2.35. The van der Waals surface area contributed by atoms with Crippen molar-refractivity contribution in [2.45, 2.75) is 112 Å². The fraction of sp³-hybridized carbons (Fsp3) is 1.00. The van der Waals surface area contributed by atoms with Gasteiger partial charge in [-0.1, -0.05) is 13.8 Å². The van der Waals surface area contributed by atoms with E-state index in [9.17, 15) is 0 Å². The molecule has 0 rings (SSSR count). The number of rotatable bonds is 19. The van der Waals surface area contributed by atoms with E-state index in [0.29, 0.717) is 30.2 Å². The Morgan fingerprint density at radius 1 is 0.500 bits per heavy atom. The van der Waals surface area contributed by atoms with Gasteiger partial charge in [-0.2, -0.15) is 0 Å². The van der Waals surface area contributed by atoms with Crippen LogP contribution in [0.1, 0.15) is 82.1 Å². The Bertz CT molecular complexity index is 378. The molecule has 0 saturated carbocycles. The molecule has 0 fully saturated rings. The summed E-state index contributed by atoms with van der Waals surface area (Å²) in [5.74, 6) is 0. The lowest BCUT2D eigenvalue weighted by Crippen LogP contribution is -2.46. The van der Waals surface area contributed by atoms with Crippen molar-refractivity contribution in [3.05, 3.63) is 0 Å². The van der Waals surface area contributed by atoms with E-state index in [1.165, 1.54) is 12.8 Å². The zero-order valence-corrected chi connectivity index (χ0v) is 22.3. The first-order chi connectivity index (χ1) is 14.1. The number of nitrogens with zero attached hydrogens (tertiary/aromatic N) is 3. The Hall–Kier alpha value is -0.200. The van der Waals surface area contributed by atoms with Gasteiger partial charge in [0, 0.05) is 82.6 Å². The maximum absolute atomic E-state index is 3.64. The average Bonchev–Trinajstić information content (AvgIpc) is 2.69. The predicted octanol–water partition coefficient (Wildman–Crippen LogP) is 3.89. The summed E-state index contributed by atoms with van der Waals surface area (Å²) in [6, 6.07) is 3.15. The van der Waals surface area contributed by atoms with Crippen molar-refractivity contribution in [1.29, 1.82) is 0 Å². The quantitative estimate of drug-likeness (QED) is 0.306. The Morgan fingerprint density at radius 3 is 1.40 bits per heavy atom. The minimum atomic E-state index is 0.611. The van der Waals surface area contributed by atoms with Crippen LogP contribution in [-0.4, -0.2) is 97.3 Å². The van der Waals surface area contributed by atoms with E-state index < -0.39 is 0 Å². The summed E-state index contributed by atoms with van der Waals surface area (Å²) in [6.45, 7) is 32.0. The third-order valence-corrected chi connectivity index (χ3v) is 6.61. The lowest BCUT2D eigenvalue weighted by atomic mass is 10.2. The molecular formula is C25H57N5. The third-order valence-electron chi connectivity index (χ3n) is 6.61. The van der Waals surface area contributed by atoms with E-state index in [4.69, 9.17) is 0 Å². The molecule has 2 N–H and O–H groups in total. The third kappa shape index (κ3) is 12.6. The van der Waals surface area contributed by atoms with Gasteiger partial charge in [-0.25, -0.2) is 0 Å². The van der Waals surface area contributed by atoms with Crippen LogP contribution in [0.25, 0.3) is 0 Å². The van der Waals surface area contributed by atoms with Crippen molar-refractivity contribution in [2.24, 2.45) is 0 Å². The zero-order valence-electron chi connectivity index (χ0n) is 22.3. The molecule has 0 spiro atoms. The van der Waals surface area contributed by atoms with Gasteiger partial charge in [-0.05, 0) is 68.2 Å². The minimum absolute atomic E-state index is 0.611. The van der Waals surface area contributed by atoms with Gasteiger partial charge >= 0.3 is 0 Å². The highest BCUT2D eigenvalue weighted by Crippen LogP contribution is 2.08. The Balaban J connectivity index is 4.12. The largest absolute Gasteiger partial charge is 0.314 e. The molecule has 2 unspecified atom stereocenters. The molecule has 0 aliphatic heterocycles. The van der Waals surface area contributed by atoms with Gasteiger partial charge in [0.2, 0.25) is 0 Å². The molecule has 2 atom stereocenters. The molecule has 5 heteroatoms. The van der Waals surface area contributed by atoms with E-state index in [2.05, 4.69) is 94.6 Å². The summed E-state index contributed by atoms with van der Waals surface area (Å²) in [4.78, 5) is 7.86. The fourth-order valence-electron chi connectivity index (χ4n) is 4.25. The van der Waals surface area contributed by atoms with E-state index in [-0.39, 0.29) is 0 Å². The standard InChI is InChI=1S/C25H57N5/c1-11-24(9)28(19-20-29(21(3)4)22(5)6)17-15-26-13-14-27-16-18-30(23(7)8)25(10)12-2/h21-27H,11-20H2,1-10H3. The van der Waals surface area contributed by atoms with Crippen LogP contribution in [0.5, 0.6) is 0 Å². The maximum atomic E-state index is 3.64. The zero-order chi connectivity index (χ0) is 23.1. The van der Waals surface area contributed by atoms with Crippen molar-refractivity contribution in [2.75, 3.05) is 52.4 Å².